The highest BCUT2D eigenvalue weighted by atomic mass is 16.2. The van der Waals surface area contributed by atoms with E-state index in [9.17, 15) is 0 Å². The van der Waals surface area contributed by atoms with Crippen molar-refractivity contribution in [3.8, 4) is 0 Å². The molecule has 1 aliphatic rings. The Labute approximate surface area is 75.4 Å². The Bertz CT molecular complexity index is 132. The van der Waals surface area contributed by atoms with Crippen LogP contribution in [0.1, 0.15) is 46.0 Å². The summed E-state index contributed by atoms with van der Waals surface area (Å²) in [5.74, 6) is 0. The number of rotatable bonds is 5. The van der Waals surface area contributed by atoms with Crippen LogP contribution in [0.4, 0.5) is 0 Å². The van der Waals surface area contributed by atoms with Crippen molar-refractivity contribution in [3.63, 3.8) is 0 Å². The van der Waals surface area contributed by atoms with E-state index in [2.05, 4.69) is 19.2 Å². The first-order valence-corrected chi connectivity index (χ1v) is 5.05. The molecule has 72 valence electrons. The summed E-state index contributed by atoms with van der Waals surface area (Å²) in [4.78, 5) is 0. The second-order valence-corrected chi connectivity index (χ2v) is 4.33. The molecule has 2 heteroatoms. The Morgan fingerprint density at radius 1 is 1.50 bits per heavy atom. The van der Waals surface area contributed by atoms with Crippen LogP contribution in [0.3, 0.4) is 0 Å². The normalized spacial score (nSPS) is 23.2. The summed E-state index contributed by atoms with van der Waals surface area (Å²) in [6, 6.07) is 0.558. The lowest BCUT2D eigenvalue weighted by molar-refractivity contribution is 0.180. The third-order valence-electron chi connectivity index (χ3n) is 2.85. The predicted octanol–water partition coefficient (Wildman–Crippen LogP) is 1.68. The maximum absolute atomic E-state index is 8.66. The topological polar surface area (TPSA) is 32.3 Å². The van der Waals surface area contributed by atoms with E-state index in [4.69, 9.17) is 5.11 Å². The van der Waals surface area contributed by atoms with Gasteiger partial charge in [-0.05, 0) is 46.0 Å². The molecule has 1 unspecified atom stereocenters. The first-order valence-electron chi connectivity index (χ1n) is 5.05. The molecule has 0 spiro atoms. The summed E-state index contributed by atoms with van der Waals surface area (Å²) >= 11 is 0. The van der Waals surface area contributed by atoms with E-state index < -0.39 is 0 Å². The highest BCUT2D eigenvalue weighted by molar-refractivity contribution is 4.92. The van der Waals surface area contributed by atoms with Gasteiger partial charge in [-0.25, -0.2) is 0 Å². The van der Waals surface area contributed by atoms with Crippen LogP contribution < -0.4 is 5.32 Å². The molecular weight excluding hydrogens is 150 g/mol. The maximum Gasteiger partial charge on any atom is 0.0431 e. The molecule has 0 bridgehead atoms. The van der Waals surface area contributed by atoms with Crippen LogP contribution in [0.15, 0.2) is 0 Å². The molecule has 0 aromatic carbocycles. The van der Waals surface area contributed by atoms with Crippen LogP contribution in [0, 0.1) is 0 Å². The van der Waals surface area contributed by atoms with Gasteiger partial charge in [0.15, 0.2) is 0 Å². The average Bonchev–Trinajstić information content (AvgIpc) is 1.98. The van der Waals surface area contributed by atoms with Crippen molar-refractivity contribution in [2.24, 2.45) is 0 Å². The van der Waals surface area contributed by atoms with Crippen LogP contribution in [0.2, 0.25) is 0 Å². The summed E-state index contributed by atoms with van der Waals surface area (Å²) in [5.41, 5.74) is 0.412. The van der Waals surface area contributed by atoms with Gasteiger partial charge < -0.3 is 10.4 Å². The lowest BCUT2D eigenvalue weighted by atomic mass is 9.78. The summed E-state index contributed by atoms with van der Waals surface area (Å²) in [6.07, 6.45) is 6.01. The van der Waals surface area contributed by atoms with E-state index in [1.165, 1.54) is 19.3 Å². The number of aliphatic hydroxyl groups excluding tert-OH is 1. The largest absolute Gasteiger partial charge is 0.396 e. The molecule has 2 nitrogen and oxygen atoms in total. The molecule has 2 N–H and O–H groups in total. The molecule has 1 atom stereocenters. The van der Waals surface area contributed by atoms with Crippen molar-refractivity contribution in [1.29, 1.82) is 0 Å². The lowest BCUT2D eigenvalue weighted by Crippen LogP contribution is -2.51. The van der Waals surface area contributed by atoms with Gasteiger partial charge >= 0.3 is 0 Å². The number of nitrogens with one attached hydrogen (secondary N) is 1. The molecular formula is C10H21NO. The van der Waals surface area contributed by atoms with Gasteiger partial charge in [0.2, 0.25) is 0 Å². The fraction of sp³-hybridized carbons (Fsp3) is 1.00. The fourth-order valence-corrected chi connectivity index (χ4v) is 1.92. The van der Waals surface area contributed by atoms with Gasteiger partial charge in [-0.2, -0.15) is 0 Å². The van der Waals surface area contributed by atoms with Crippen molar-refractivity contribution in [3.05, 3.63) is 0 Å². The Balaban J connectivity index is 2.12. The van der Waals surface area contributed by atoms with E-state index >= 15 is 0 Å². The minimum absolute atomic E-state index is 0.322. The summed E-state index contributed by atoms with van der Waals surface area (Å²) in [5, 5.41) is 12.3. The van der Waals surface area contributed by atoms with E-state index in [1.54, 1.807) is 0 Å². The van der Waals surface area contributed by atoms with Gasteiger partial charge in [-0.3, -0.25) is 0 Å². The second kappa shape index (κ2) is 4.24. The number of aliphatic hydroxyl groups is 1. The minimum Gasteiger partial charge on any atom is -0.396 e. The van der Waals surface area contributed by atoms with Gasteiger partial charge in [0.1, 0.15) is 0 Å². The van der Waals surface area contributed by atoms with E-state index in [-0.39, 0.29) is 0 Å². The molecule has 1 saturated carbocycles. The van der Waals surface area contributed by atoms with Crippen molar-refractivity contribution >= 4 is 0 Å². The smallest absolute Gasteiger partial charge is 0.0431 e. The Kier molecular flexibility index (Phi) is 3.53. The molecule has 0 radical (unpaired) electrons. The molecule has 1 fully saturated rings. The third kappa shape index (κ3) is 2.76. The molecule has 0 saturated heterocycles. The van der Waals surface area contributed by atoms with Crippen molar-refractivity contribution in [2.45, 2.75) is 57.5 Å². The summed E-state index contributed by atoms with van der Waals surface area (Å²) in [7, 11) is 0. The molecule has 1 rings (SSSR count). The van der Waals surface area contributed by atoms with Gasteiger partial charge in [-0.1, -0.05) is 0 Å². The lowest BCUT2D eigenvalue weighted by Gasteiger charge is -2.41. The van der Waals surface area contributed by atoms with E-state index in [0.29, 0.717) is 18.2 Å². The summed E-state index contributed by atoms with van der Waals surface area (Å²) in [6.45, 7) is 4.83. The highest BCUT2D eigenvalue weighted by Crippen LogP contribution is 2.31. The molecule has 0 heterocycles. The van der Waals surface area contributed by atoms with Crippen LogP contribution in [0.25, 0.3) is 0 Å². The zero-order valence-electron chi connectivity index (χ0n) is 8.27. The van der Waals surface area contributed by atoms with Gasteiger partial charge in [0.25, 0.3) is 0 Å². The van der Waals surface area contributed by atoms with Crippen LogP contribution in [-0.2, 0) is 0 Å². The van der Waals surface area contributed by atoms with Crippen LogP contribution in [-0.4, -0.2) is 23.3 Å². The Morgan fingerprint density at radius 2 is 2.17 bits per heavy atom. The Hall–Kier alpha value is -0.0800. The molecule has 0 aromatic rings. The van der Waals surface area contributed by atoms with E-state index in [1.807, 2.05) is 0 Å². The fourth-order valence-electron chi connectivity index (χ4n) is 1.92. The van der Waals surface area contributed by atoms with E-state index in [0.717, 1.165) is 12.8 Å². The van der Waals surface area contributed by atoms with Crippen LogP contribution in [0.5, 0.6) is 0 Å². The number of hydrogen-bond acceptors (Lipinski definition) is 2. The van der Waals surface area contributed by atoms with Gasteiger partial charge in [-0.15, -0.1) is 0 Å². The third-order valence-corrected chi connectivity index (χ3v) is 2.85. The van der Waals surface area contributed by atoms with Crippen molar-refractivity contribution in [1.82, 2.24) is 5.32 Å². The quantitative estimate of drug-likeness (QED) is 0.659. The first-order chi connectivity index (χ1) is 5.66. The van der Waals surface area contributed by atoms with Crippen LogP contribution >= 0.6 is 0 Å². The molecule has 12 heavy (non-hydrogen) atoms. The van der Waals surface area contributed by atoms with Crippen molar-refractivity contribution in [2.75, 3.05) is 6.61 Å². The first kappa shape index (κ1) is 10.0. The molecule has 0 aliphatic heterocycles. The Morgan fingerprint density at radius 3 is 2.58 bits per heavy atom. The second-order valence-electron chi connectivity index (χ2n) is 4.33. The molecule has 1 aliphatic carbocycles. The number of hydrogen-bond donors (Lipinski definition) is 2. The monoisotopic (exact) mass is 171 g/mol. The van der Waals surface area contributed by atoms with Gasteiger partial charge in [0, 0.05) is 18.2 Å². The highest BCUT2D eigenvalue weighted by Gasteiger charge is 2.32. The molecule has 0 aromatic heterocycles. The minimum atomic E-state index is 0.322. The SMILES string of the molecule is CC(CCCO)NC1(C)CCC1. The molecule has 0 amide bonds. The predicted molar refractivity (Wildman–Crippen MR) is 51.2 cm³/mol. The zero-order valence-corrected chi connectivity index (χ0v) is 8.27. The maximum atomic E-state index is 8.66. The summed E-state index contributed by atoms with van der Waals surface area (Å²) < 4.78 is 0. The van der Waals surface area contributed by atoms with Gasteiger partial charge in [0.05, 0.1) is 0 Å². The van der Waals surface area contributed by atoms with Crippen molar-refractivity contribution < 1.29 is 5.11 Å². The zero-order chi connectivity index (χ0) is 9.03. The standard InChI is InChI=1S/C10H21NO/c1-9(5-3-8-12)11-10(2)6-4-7-10/h9,11-12H,3-8H2,1-2H3. The average molecular weight is 171 g/mol.